The van der Waals surface area contributed by atoms with E-state index >= 15 is 0 Å². The van der Waals surface area contributed by atoms with Crippen LogP contribution in [0, 0.1) is 11.5 Å². The van der Waals surface area contributed by atoms with Crippen molar-refractivity contribution in [2.75, 3.05) is 5.32 Å². The summed E-state index contributed by atoms with van der Waals surface area (Å²) in [5.41, 5.74) is 2.52. The fourth-order valence-electron chi connectivity index (χ4n) is 1.38. The molecular formula is C11H11CoN2. The Morgan fingerprint density at radius 1 is 1.29 bits per heavy atom. The molecule has 1 aromatic rings. The van der Waals surface area contributed by atoms with Crippen molar-refractivity contribution in [1.29, 1.82) is 5.41 Å². The van der Waals surface area contributed by atoms with Crippen molar-refractivity contribution >= 4 is 11.4 Å². The molecule has 0 saturated heterocycles. The van der Waals surface area contributed by atoms with Gasteiger partial charge in [0.25, 0.3) is 0 Å². The minimum absolute atomic E-state index is 0. The van der Waals surface area contributed by atoms with E-state index < -0.39 is 0 Å². The van der Waals surface area contributed by atoms with Crippen LogP contribution < -0.4 is 5.32 Å². The molecular weight excluding hydrogens is 219 g/mol. The number of nitrogens with one attached hydrogen (secondary N) is 2. The molecule has 1 heterocycles. The predicted octanol–water partition coefficient (Wildman–Crippen LogP) is 2.59. The number of benzene rings is 1. The predicted molar refractivity (Wildman–Crippen MR) is 55.0 cm³/mol. The second kappa shape index (κ2) is 4.35. The van der Waals surface area contributed by atoms with E-state index in [2.05, 4.69) is 5.32 Å². The second-order valence-electron chi connectivity index (χ2n) is 3.10. The van der Waals surface area contributed by atoms with Crippen molar-refractivity contribution in [2.45, 2.75) is 6.92 Å². The first-order chi connectivity index (χ1) is 6.27. The van der Waals surface area contributed by atoms with Crippen molar-refractivity contribution in [3.63, 3.8) is 0 Å². The Morgan fingerprint density at radius 3 is 2.79 bits per heavy atom. The first kappa shape index (κ1) is 10.9. The van der Waals surface area contributed by atoms with Gasteiger partial charge in [-0.05, 0) is 11.8 Å². The molecule has 0 aromatic heterocycles. The molecule has 0 amide bonds. The van der Waals surface area contributed by atoms with E-state index in [1.54, 1.807) is 0 Å². The molecule has 2 nitrogen and oxygen atoms in total. The number of hydrogen-bond acceptors (Lipinski definition) is 2. The van der Waals surface area contributed by atoms with Gasteiger partial charge in [-0.2, -0.15) is 6.08 Å². The number of fused-ring (bicyclic) bond motifs is 1. The van der Waals surface area contributed by atoms with E-state index in [1.807, 2.05) is 43.3 Å². The number of hydrogen-bond donors (Lipinski definition) is 2. The number of rotatable bonds is 0. The first-order valence-corrected chi connectivity index (χ1v) is 4.24. The quantitative estimate of drug-likeness (QED) is 0.660. The molecule has 1 aromatic carbocycles. The molecule has 0 saturated carbocycles. The Hall–Kier alpha value is -1.19. The Morgan fingerprint density at radius 2 is 2.00 bits per heavy atom. The summed E-state index contributed by atoms with van der Waals surface area (Å²) >= 11 is 0. The monoisotopic (exact) mass is 230 g/mol. The minimum Gasteiger partial charge on any atom is -0.437 e. The maximum absolute atomic E-state index is 7.76. The van der Waals surface area contributed by atoms with Crippen LogP contribution in [0.1, 0.15) is 12.5 Å². The van der Waals surface area contributed by atoms with Crippen LogP contribution in [0.25, 0.3) is 0 Å². The van der Waals surface area contributed by atoms with Gasteiger partial charge in [-0.25, -0.2) is 6.08 Å². The van der Waals surface area contributed by atoms with E-state index in [0.717, 1.165) is 17.3 Å². The minimum atomic E-state index is 0. The average Bonchev–Trinajstić information content (AvgIpc) is 2.27. The van der Waals surface area contributed by atoms with Crippen LogP contribution in [0.3, 0.4) is 0 Å². The van der Waals surface area contributed by atoms with E-state index in [9.17, 15) is 0 Å². The third-order valence-corrected chi connectivity index (χ3v) is 2.05. The third kappa shape index (κ3) is 2.00. The van der Waals surface area contributed by atoms with Gasteiger partial charge >= 0.3 is 16.8 Å². The second-order valence-corrected chi connectivity index (χ2v) is 3.10. The summed E-state index contributed by atoms with van der Waals surface area (Å²) in [7, 11) is 0. The average molecular weight is 230 g/mol. The largest absolute Gasteiger partial charge is 1.00 e. The summed E-state index contributed by atoms with van der Waals surface area (Å²) in [4.78, 5) is 0. The van der Waals surface area contributed by atoms with Crippen molar-refractivity contribution in [3.05, 3.63) is 48.0 Å². The number of anilines is 1. The maximum Gasteiger partial charge on any atom is 1.00 e. The molecule has 0 atom stereocenters. The van der Waals surface area contributed by atoms with Crippen LogP contribution in [-0.2, 0) is 16.8 Å². The Balaban J connectivity index is 0.000000980. The van der Waals surface area contributed by atoms with Gasteiger partial charge in [0.15, 0.2) is 0 Å². The molecule has 14 heavy (non-hydrogen) atoms. The molecule has 0 unspecified atom stereocenters. The maximum atomic E-state index is 7.76. The van der Waals surface area contributed by atoms with Crippen LogP contribution in [0.2, 0.25) is 0 Å². The fourth-order valence-corrected chi connectivity index (χ4v) is 1.38. The van der Waals surface area contributed by atoms with Gasteiger partial charge in [0, 0.05) is 11.3 Å². The zero-order valence-corrected chi connectivity index (χ0v) is 8.84. The summed E-state index contributed by atoms with van der Waals surface area (Å²) in [6.07, 6.45) is 3.73. The van der Waals surface area contributed by atoms with Crippen molar-refractivity contribution < 1.29 is 16.8 Å². The van der Waals surface area contributed by atoms with Crippen LogP contribution in [0.4, 0.5) is 5.69 Å². The summed E-state index contributed by atoms with van der Waals surface area (Å²) in [6, 6.07) is 8.92. The summed E-state index contributed by atoms with van der Waals surface area (Å²) in [5.74, 6) is 0. The Bertz CT molecular complexity index is 371. The van der Waals surface area contributed by atoms with Crippen LogP contribution in [-0.4, -0.2) is 5.71 Å². The van der Waals surface area contributed by atoms with E-state index in [1.165, 1.54) is 0 Å². The van der Waals surface area contributed by atoms with Crippen LogP contribution in [0.15, 0.2) is 36.4 Å². The molecule has 2 N–H and O–H groups in total. The van der Waals surface area contributed by atoms with Gasteiger partial charge in [-0.3, -0.25) is 0 Å². The topological polar surface area (TPSA) is 35.9 Å². The van der Waals surface area contributed by atoms with Crippen molar-refractivity contribution in [3.8, 4) is 0 Å². The summed E-state index contributed by atoms with van der Waals surface area (Å²) < 4.78 is 0. The van der Waals surface area contributed by atoms with Crippen LogP contribution in [0.5, 0.6) is 0 Å². The Kier molecular flexibility index (Phi) is 3.38. The van der Waals surface area contributed by atoms with Gasteiger partial charge in [0.2, 0.25) is 0 Å². The van der Waals surface area contributed by atoms with E-state index in [-0.39, 0.29) is 16.8 Å². The third-order valence-electron chi connectivity index (χ3n) is 2.05. The molecule has 2 rings (SSSR count). The van der Waals surface area contributed by atoms with Gasteiger partial charge in [-0.1, -0.05) is 25.1 Å². The van der Waals surface area contributed by atoms with Gasteiger partial charge in [-0.15, -0.1) is 6.04 Å². The zero-order valence-electron chi connectivity index (χ0n) is 7.80. The van der Waals surface area contributed by atoms with Crippen molar-refractivity contribution in [2.24, 2.45) is 0 Å². The fraction of sp³-hybridized carbons (Fsp3) is 0.0909. The molecule has 1 aliphatic heterocycles. The summed E-state index contributed by atoms with van der Waals surface area (Å²) in [5, 5.41) is 11.0. The smallest absolute Gasteiger partial charge is 0.437 e. The molecule has 0 radical (unpaired) electrons. The normalized spacial score (nSPS) is 13.8. The molecule has 0 bridgehead atoms. The van der Waals surface area contributed by atoms with Crippen LogP contribution >= 0.6 is 0 Å². The number of para-hydroxylation sites is 1. The first-order valence-electron chi connectivity index (χ1n) is 4.24. The van der Waals surface area contributed by atoms with E-state index in [0.29, 0.717) is 5.71 Å². The Labute approximate surface area is 94.1 Å². The SMILES string of the molecule is C[C-]1C=CC(=N)c2ccccc2N1.[Co+]. The molecule has 3 heteroatoms. The molecule has 0 fully saturated rings. The summed E-state index contributed by atoms with van der Waals surface area (Å²) in [6.45, 7) is 1.99. The number of allylic oxidation sites excluding steroid dienone is 1. The molecule has 0 aliphatic carbocycles. The molecule has 74 valence electrons. The van der Waals surface area contributed by atoms with Gasteiger partial charge < -0.3 is 10.7 Å². The van der Waals surface area contributed by atoms with E-state index in [4.69, 9.17) is 5.41 Å². The zero-order chi connectivity index (χ0) is 9.26. The molecule has 1 aliphatic rings. The standard InChI is InChI=1S/C11H11N2.Co/c1-8-6-7-10(12)9-4-2-3-5-11(9)13-8;/h2-7,12-13H,1H3;/q-1;+1. The molecule has 0 spiro atoms. The van der Waals surface area contributed by atoms with Gasteiger partial charge in [0.1, 0.15) is 0 Å². The van der Waals surface area contributed by atoms with Gasteiger partial charge in [0.05, 0.1) is 0 Å². The van der Waals surface area contributed by atoms with Crippen molar-refractivity contribution in [1.82, 2.24) is 0 Å².